The maximum atomic E-state index is 6.60. The summed E-state index contributed by atoms with van der Waals surface area (Å²) in [5.41, 5.74) is 12.6. The first kappa shape index (κ1) is 93.1. The van der Waals surface area contributed by atoms with Crippen LogP contribution in [0.15, 0.2) is 81.7 Å². The molecule has 2 saturated heterocycles. The van der Waals surface area contributed by atoms with Gasteiger partial charge in [-0.1, -0.05) is 270 Å². The summed E-state index contributed by atoms with van der Waals surface area (Å²) in [5, 5.41) is 0. The van der Waals surface area contributed by atoms with Crippen LogP contribution in [-0.4, -0.2) is 130 Å². The molecule has 0 N–H and O–H groups in total. The molecule has 4 aromatic rings. The molecule has 4 nitrogen and oxygen atoms in total. The fourth-order valence-corrected chi connectivity index (χ4v) is 76.8. The largest absolute Gasteiger partial charge is 0.494 e. The lowest BCUT2D eigenvalue weighted by Gasteiger charge is -2.33. The monoisotopic (exact) mass is 1620 g/mol. The first-order chi connectivity index (χ1) is 47.3. The topological polar surface area (TPSA) is 36.9 Å². The van der Waals surface area contributed by atoms with Crippen molar-refractivity contribution in [3.63, 3.8) is 0 Å². The Morgan fingerprint density at radius 1 is 0.410 bits per heavy atom. The van der Waals surface area contributed by atoms with Gasteiger partial charge in [-0.2, -0.15) is 0 Å². The summed E-state index contributed by atoms with van der Waals surface area (Å²) in [6, 6.07) is 28.1. The van der Waals surface area contributed by atoms with Crippen molar-refractivity contribution in [3.8, 4) is 22.3 Å². The lowest BCUT2D eigenvalue weighted by Crippen LogP contribution is -2.69. The zero-order chi connectivity index (χ0) is 74.2. The Bertz CT molecular complexity index is 2860. The second kappa shape index (κ2) is 45.3. The van der Waals surface area contributed by atoms with Gasteiger partial charge in [0.25, 0.3) is 0 Å². The Morgan fingerprint density at radius 3 is 0.890 bits per heavy atom. The highest BCUT2D eigenvalue weighted by atomic mass is 79.9. The van der Waals surface area contributed by atoms with Gasteiger partial charge in [0.1, 0.15) is 0 Å². The number of rotatable bonds is 38. The summed E-state index contributed by atoms with van der Waals surface area (Å²) in [6.07, 6.45) is 34.0. The summed E-state index contributed by atoms with van der Waals surface area (Å²) in [4.78, 5) is 0. The maximum absolute atomic E-state index is 6.60. The van der Waals surface area contributed by atoms with E-state index in [0.717, 1.165) is 31.7 Å². The van der Waals surface area contributed by atoms with Gasteiger partial charge in [0.05, 0.1) is 22.4 Å². The molecule has 523 valence electrons. The first-order valence-electron chi connectivity index (χ1n) is 37.9. The molecule has 100 heavy (non-hydrogen) atoms. The van der Waals surface area contributed by atoms with Crippen molar-refractivity contribution in [1.29, 1.82) is 0 Å². The van der Waals surface area contributed by atoms with E-state index in [-0.39, 0.29) is 67.8 Å². The fraction of sp³-hybridized carbons (Fsp3) is 0.657. The van der Waals surface area contributed by atoms with Crippen molar-refractivity contribution in [2.45, 2.75) is 296 Å². The summed E-state index contributed by atoms with van der Waals surface area (Å²) < 4.78 is 28.8. The molecular formula is C70H115B15Br2O4P9. The second-order valence-electron chi connectivity index (χ2n) is 30.7. The standard InChI is InChI=1S/C41H64B2O4.C29H40Br2.B13.H11P9/c1-11-13-15-17-19-21-27-41(28-22-20-18-16-14-12-2)35-29-31(42-44-37(3,4)38(5,6)45-42)23-25-33(35)34-26-24-32(30-36(34)41)43-46-39(7,8)40(9,10)47-43;1-3-5-7-9-11-13-19-29(20-14-12-10-8-6-4-2)27-21-23(30)15-17-25(27)26-18-16-24(31)22-28(26)29;1-8-12(9(2)3)13(10(4)5)11(6)7;1-6-9(7(2)3)8(4)5/h23-26,29-30H,11-22,27-28H2,1-10H3;15-18,21-22H,3-14,19-20H2,1-2H3;;6H,1-5H2. The molecule has 0 saturated carbocycles. The van der Waals surface area contributed by atoms with E-state index in [0.29, 0.717) is 6.99 Å². The van der Waals surface area contributed by atoms with Crippen LogP contribution in [0.25, 0.3) is 22.3 Å². The minimum Gasteiger partial charge on any atom is -0.399 e. The number of hydrogen-bond acceptors (Lipinski definition) is 4. The average molecular weight is 1620 g/mol. The quantitative estimate of drug-likeness (QED) is 0.0255. The SMILES string of the molecule is CCCCCCCCC1(CCCCCCCC)c2cc(B3OC(C)(C)C(C)(C)O3)ccc2-c2ccc(B3OC(C)(C)C(C)(C)O3)cc21.CCCCCCCCC1(CCCCCCCC)c2cc(Br)ccc2-c2ccc(Br)cc21.PPP(P(P)P)P(P)P.[B][B]B(B([B])[B])B(B([B])[B])B([B])[B]. The molecule has 4 aliphatic rings. The molecule has 0 bridgehead atoms. The van der Waals surface area contributed by atoms with Gasteiger partial charge in [-0.15, -0.1) is 44.6 Å². The van der Waals surface area contributed by atoms with Crippen molar-refractivity contribution in [1.82, 2.24) is 0 Å². The van der Waals surface area contributed by atoms with Crippen LogP contribution in [0, 0.1) is 0 Å². The Balaban J connectivity index is 0.000000289. The third kappa shape index (κ3) is 25.8. The predicted molar refractivity (Wildman–Crippen MR) is 497 cm³/mol. The van der Waals surface area contributed by atoms with Crippen molar-refractivity contribution in [2.24, 2.45) is 0 Å². The summed E-state index contributed by atoms with van der Waals surface area (Å²) in [5.74, 6) is 0. The van der Waals surface area contributed by atoms with E-state index in [9.17, 15) is 0 Å². The zero-order valence-corrected chi connectivity index (χ0v) is 76.1. The van der Waals surface area contributed by atoms with Crippen molar-refractivity contribution < 1.29 is 18.6 Å². The van der Waals surface area contributed by atoms with Gasteiger partial charge < -0.3 is 18.6 Å². The smallest absolute Gasteiger partial charge is 0.399 e. The Kier molecular flexibility index (Phi) is 42.2. The van der Waals surface area contributed by atoms with Gasteiger partial charge in [-0.25, -0.2) is 0 Å². The number of benzene rings is 4. The third-order valence-electron chi connectivity index (χ3n) is 22.1. The lowest BCUT2D eigenvalue weighted by atomic mass is 8.50. The molecule has 4 aromatic carbocycles. The van der Waals surface area contributed by atoms with Gasteiger partial charge in [-0.3, -0.25) is 0 Å². The Hall–Kier alpha value is 2.52. The Morgan fingerprint density at radius 2 is 0.670 bits per heavy atom. The van der Waals surface area contributed by atoms with Gasteiger partial charge in [0.15, 0.2) is 0 Å². The van der Waals surface area contributed by atoms with Crippen LogP contribution in [0.3, 0.4) is 0 Å². The van der Waals surface area contributed by atoms with E-state index in [1.807, 2.05) is 0 Å². The van der Waals surface area contributed by atoms with Gasteiger partial charge in [-0.05, 0) is 182 Å². The van der Waals surface area contributed by atoms with Crippen LogP contribution in [0.4, 0.5) is 0 Å². The molecule has 2 aliphatic carbocycles. The predicted octanol–water partition coefficient (Wildman–Crippen LogP) is 20.9. The van der Waals surface area contributed by atoms with E-state index in [1.165, 1.54) is 216 Å². The number of fused-ring (bicyclic) bond motifs is 6. The lowest BCUT2D eigenvalue weighted by molar-refractivity contribution is 0.00578. The summed E-state index contributed by atoms with van der Waals surface area (Å²) >= 11 is 7.57. The van der Waals surface area contributed by atoms with Gasteiger partial charge >= 0.3 is 14.2 Å². The normalized spacial score (nSPS) is 16.7. The van der Waals surface area contributed by atoms with Gasteiger partial charge in [0.2, 0.25) is 0 Å². The molecular weight excluding hydrogens is 1510 g/mol. The summed E-state index contributed by atoms with van der Waals surface area (Å²) in [7, 11) is 54.4. The molecule has 2 heterocycles. The molecule has 6 unspecified atom stereocenters. The second-order valence-corrected chi connectivity index (χ2v) is 63.1. The molecule has 6 atom stereocenters. The van der Waals surface area contributed by atoms with Crippen LogP contribution < -0.4 is 10.9 Å². The molecule has 8 rings (SSSR count). The number of unbranched alkanes of at least 4 members (excludes halogenated alkanes) is 20. The number of hydrogen-bond donors (Lipinski definition) is 0. The van der Waals surface area contributed by atoms with E-state index in [2.05, 4.69) is 232 Å². The minimum atomic E-state index is -0.695. The summed E-state index contributed by atoms with van der Waals surface area (Å²) in [6.45, 7) is 27.0. The molecule has 15 radical (unpaired) electrons. The van der Waals surface area contributed by atoms with E-state index >= 15 is 0 Å². The number of halogens is 2. The minimum absolute atomic E-state index is 0.0561. The first-order valence-corrected chi connectivity index (χ1v) is 55.0. The van der Waals surface area contributed by atoms with E-state index in [1.54, 1.807) is 11.1 Å². The van der Waals surface area contributed by atoms with Crippen molar-refractivity contribution in [3.05, 3.63) is 104 Å². The zero-order valence-electron chi connectivity index (χ0n) is 63.5. The maximum Gasteiger partial charge on any atom is 0.494 e. The van der Waals surface area contributed by atoms with Crippen molar-refractivity contribution in [2.75, 3.05) is 0 Å². The molecule has 30 heteroatoms. The van der Waals surface area contributed by atoms with Crippen LogP contribution in [0.5, 0.6) is 0 Å². The van der Waals surface area contributed by atoms with Gasteiger partial charge in [0, 0.05) is 113 Å². The fourth-order valence-electron chi connectivity index (χ4n) is 14.9. The highest BCUT2D eigenvalue weighted by molar-refractivity contribution is 9.11. The Labute approximate surface area is 659 Å². The van der Waals surface area contributed by atoms with Crippen LogP contribution in [0.1, 0.15) is 285 Å². The van der Waals surface area contributed by atoms with Crippen LogP contribution in [-0.2, 0) is 29.4 Å². The van der Waals surface area contributed by atoms with Crippen LogP contribution in [0.2, 0.25) is 0 Å². The van der Waals surface area contributed by atoms with E-state index in [4.69, 9.17) is 72.8 Å². The molecule has 0 aromatic heterocycles. The molecule has 2 aliphatic heterocycles. The average Bonchev–Trinajstić information content (AvgIpc) is 1.56. The highest BCUT2D eigenvalue weighted by Gasteiger charge is 2.55. The molecule has 0 amide bonds. The molecule has 0 spiro atoms. The molecule has 2 fully saturated rings. The van der Waals surface area contributed by atoms with Crippen molar-refractivity contribution >= 4 is 224 Å². The van der Waals surface area contributed by atoms with E-state index < -0.39 is 25.5 Å². The third-order valence-corrected chi connectivity index (χ3v) is 67.3. The van der Waals surface area contributed by atoms with Crippen LogP contribution >= 0.6 is 105 Å². The highest BCUT2D eigenvalue weighted by Crippen LogP contribution is 3.04.